The van der Waals surface area contributed by atoms with Gasteiger partial charge in [-0.2, -0.15) is 5.10 Å². The molecule has 0 spiro atoms. The Morgan fingerprint density at radius 2 is 2.17 bits per heavy atom. The molecule has 0 saturated carbocycles. The molecule has 0 radical (unpaired) electrons. The largest absolute Gasteiger partial charge is 0.382 e. The van der Waals surface area contributed by atoms with Gasteiger partial charge in [-0.15, -0.1) is 0 Å². The van der Waals surface area contributed by atoms with Crippen molar-refractivity contribution in [2.75, 3.05) is 0 Å². The summed E-state index contributed by atoms with van der Waals surface area (Å²) in [5.74, 6) is -0.0339. The lowest BCUT2D eigenvalue weighted by Gasteiger charge is -1.95. The van der Waals surface area contributed by atoms with Gasteiger partial charge in [0.2, 0.25) is 0 Å². The van der Waals surface area contributed by atoms with Crippen LogP contribution in [0, 0.1) is 0 Å². The first-order valence-corrected chi connectivity index (χ1v) is 5.56. The van der Waals surface area contributed by atoms with Crippen LogP contribution in [-0.2, 0) is 11.8 Å². The van der Waals surface area contributed by atoms with Gasteiger partial charge in [-0.1, -0.05) is 18.2 Å². The zero-order valence-corrected chi connectivity index (χ0v) is 9.84. The molecule has 18 heavy (non-hydrogen) atoms. The van der Waals surface area contributed by atoms with E-state index in [2.05, 4.69) is 10.5 Å². The Hall–Kier alpha value is -2.56. The second-order valence-corrected chi connectivity index (χ2v) is 4.21. The number of hydrazone groups is 1. The first-order valence-electron chi connectivity index (χ1n) is 5.56. The van der Waals surface area contributed by atoms with Crippen molar-refractivity contribution in [1.82, 2.24) is 9.99 Å². The Bertz CT molecular complexity index is 709. The molecule has 1 aromatic carbocycles. The van der Waals surface area contributed by atoms with Crippen LogP contribution in [0.3, 0.4) is 0 Å². The highest BCUT2D eigenvalue weighted by Crippen LogP contribution is 2.23. The molecule has 0 fully saturated rings. The summed E-state index contributed by atoms with van der Waals surface area (Å²) in [5, 5.41) is 4.78. The van der Waals surface area contributed by atoms with Gasteiger partial charge < -0.3 is 10.3 Å². The average molecular weight is 240 g/mol. The van der Waals surface area contributed by atoms with Crippen molar-refractivity contribution in [1.29, 1.82) is 0 Å². The molecule has 5 heteroatoms. The summed E-state index contributed by atoms with van der Waals surface area (Å²) in [4.78, 5) is 11.6. The van der Waals surface area contributed by atoms with E-state index in [1.54, 1.807) is 6.08 Å². The monoisotopic (exact) mass is 240 g/mol. The molecule has 3 N–H and O–H groups in total. The van der Waals surface area contributed by atoms with Crippen LogP contribution in [0.25, 0.3) is 17.0 Å². The molecule has 0 aliphatic carbocycles. The molecule has 90 valence electrons. The van der Waals surface area contributed by atoms with Crippen LogP contribution >= 0.6 is 0 Å². The number of para-hydroxylation sites is 1. The van der Waals surface area contributed by atoms with E-state index in [9.17, 15) is 4.79 Å². The van der Waals surface area contributed by atoms with Crippen LogP contribution in [0.4, 0.5) is 0 Å². The van der Waals surface area contributed by atoms with Gasteiger partial charge in [0.15, 0.2) is 5.84 Å². The van der Waals surface area contributed by atoms with Gasteiger partial charge in [-0.05, 0) is 12.1 Å². The van der Waals surface area contributed by atoms with E-state index in [0.717, 1.165) is 16.5 Å². The van der Waals surface area contributed by atoms with Crippen LogP contribution < -0.4 is 11.2 Å². The molecular weight excluding hydrogens is 228 g/mol. The summed E-state index contributed by atoms with van der Waals surface area (Å²) in [6.07, 6.45) is 3.74. The SMILES string of the molecule is Cn1cc(C=C2C(=O)NN=C2N)c2ccccc21. The third-order valence-corrected chi connectivity index (χ3v) is 3.03. The summed E-state index contributed by atoms with van der Waals surface area (Å²) in [6.45, 7) is 0. The third-order valence-electron chi connectivity index (χ3n) is 3.03. The predicted octanol–water partition coefficient (Wildman–Crippen LogP) is 0.964. The summed E-state index contributed by atoms with van der Waals surface area (Å²) >= 11 is 0. The summed E-state index contributed by atoms with van der Waals surface area (Å²) in [7, 11) is 1.97. The first kappa shape index (κ1) is 10.6. The van der Waals surface area contributed by atoms with Crippen LogP contribution in [0.5, 0.6) is 0 Å². The number of carbonyl (C=O) groups excluding carboxylic acids is 1. The number of hydrogen-bond donors (Lipinski definition) is 2. The lowest BCUT2D eigenvalue weighted by atomic mass is 10.1. The van der Waals surface area contributed by atoms with E-state index in [4.69, 9.17) is 5.73 Å². The van der Waals surface area contributed by atoms with Gasteiger partial charge in [0.05, 0.1) is 5.57 Å². The lowest BCUT2D eigenvalue weighted by Crippen LogP contribution is -2.16. The Morgan fingerprint density at radius 1 is 1.39 bits per heavy atom. The number of fused-ring (bicyclic) bond motifs is 1. The number of amides is 1. The quantitative estimate of drug-likeness (QED) is 0.729. The zero-order valence-electron chi connectivity index (χ0n) is 9.84. The van der Waals surface area contributed by atoms with Crippen molar-refractivity contribution in [3.63, 3.8) is 0 Å². The maximum Gasteiger partial charge on any atom is 0.275 e. The molecule has 2 aromatic rings. The normalized spacial score (nSPS) is 17.3. The minimum Gasteiger partial charge on any atom is -0.382 e. The molecule has 0 bridgehead atoms. The fraction of sp³-hybridized carbons (Fsp3) is 0.0769. The lowest BCUT2D eigenvalue weighted by molar-refractivity contribution is -0.116. The van der Waals surface area contributed by atoms with E-state index < -0.39 is 0 Å². The molecule has 1 aliphatic heterocycles. The molecule has 1 aliphatic rings. The number of nitrogens with zero attached hydrogens (tertiary/aromatic N) is 2. The number of amidine groups is 1. The van der Waals surface area contributed by atoms with Crippen LogP contribution in [0.2, 0.25) is 0 Å². The fourth-order valence-corrected chi connectivity index (χ4v) is 2.13. The molecule has 5 nitrogen and oxygen atoms in total. The summed E-state index contributed by atoms with van der Waals surface area (Å²) < 4.78 is 2.02. The van der Waals surface area contributed by atoms with Crippen LogP contribution in [0.15, 0.2) is 41.1 Å². The van der Waals surface area contributed by atoms with Gasteiger partial charge in [0.1, 0.15) is 0 Å². The van der Waals surface area contributed by atoms with E-state index in [-0.39, 0.29) is 11.7 Å². The zero-order chi connectivity index (χ0) is 12.7. The minimum absolute atomic E-state index is 0.230. The number of aryl methyl sites for hydroxylation is 1. The van der Waals surface area contributed by atoms with Gasteiger partial charge in [0.25, 0.3) is 5.91 Å². The van der Waals surface area contributed by atoms with Crippen molar-refractivity contribution >= 4 is 28.7 Å². The number of hydrogen-bond acceptors (Lipinski definition) is 3. The molecule has 0 saturated heterocycles. The highest BCUT2D eigenvalue weighted by atomic mass is 16.2. The topological polar surface area (TPSA) is 72.4 Å². The number of nitrogens with two attached hydrogens (primary N) is 1. The highest BCUT2D eigenvalue weighted by Gasteiger charge is 2.20. The highest BCUT2D eigenvalue weighted by molar-refractivity contribution is 6.26. The number of benzene rings is 1. The predicted molar refractivity (Wildman–Crippen MR) is 70.7 cm³/mol. The maximum atomic E-state index is 11.6. The molecule has 1 aromatic heterocycles. The first-order chi connectivity index (χ1) is 8.66. The minimum atomic E-state index is -0.263. The van der Waals surface area contributed by atoms with E-state index in [0.29, 0.717) is 5.57 Å². The second kappa shape index (κ2) is 3.73. The maximum absolute atomic E-state index is 11.6. The van der Waals surface area contributed by atoms with E-state index in [1.165, 1.54) is 0 Å². The van der Waals surface area contributed by atoms with E-state index in [1.807, 2.05) is 42.1 Å². The number of aromatic nitrogens is 1. The van der Waals surface area contributed by atoms with Crippen LogP contribution in [-0.4, -0.2) is 16.3 Å². The Kier molecular flexibility index (Phi) is 2.19. The van der Waals surface area contributed by atoms with Gasteiger partial charge in [-0.3, -0.25) is 4.79 Å². The standard InChI is InChI=1S/C13H12N4O/c1-17-7-8(9-4-2-3-5-11(9)17)6-10-12(14)15-16-13(10)18/h2-7H,1H3,(H2,14,15)(H,16,18). The smallest absolute Gasteiger partial charge is 0.275 e. The number of rotatable bonds is 1. The molecule has 1 amide bonds. The fourth-order valence-electron chi connectivity index (χ4n) is 2.13. The van der Waals surface area contributed by atoms with Crippen molar-refractivity contribution in [3.8, 4) is 0 Å². The summed E-state index contributed by atoms with van der Waals surface area (Å²) in [6, 6.07) is 8.00. The van der Waals surface area contributed by atoms with Gasteiger partial charge >= 0.3 is 0 Å². The van der Waals surface area contributed by atoms with Gasteiger partial charge in [0, 0.05) is 29.7 Å². The number of nitrogens with one attached hydrogen (secondary N) is 1. The Morgan fingerprint density at radius 3 is 2.89 bits per heavy atom. The van der Waals surface area contributed by atoms with Gasteiger partial charge in [-0.25, -0.2) is 5.43 Å². The number of carbonyl (C=O) groups is 1. The van der Waals surface area contributed by atoms with Crippen molar-refractivity contribution < 1.29 is 4.79 Å². The third kappa shape index (κ3) is 1.48. The van der Waals surface area contributed by atoms with Crippen molar-refractivity contribution in [2.45, 2.75) is 0 Å². The Labute approximate surface area is 104 Å². The molecule has 3 rings (SSSR count). The van der Waals surface area contributed by atoms with Crippen molar-refractivity contribution in [2.24, 2.45) is 17.9 Å². The molecule has 2 heterocycles. The average Bonchev–Trinajstić information content (AvgIpc) is 2.86. The molecular formula is C13H12N4O. The second-order valence-electron chi connectivity index (χ2n) is 4.21. The van der Waals surface area contributed by atoms with E-state index >= 15 is 0 Å². The Balaban J connectivity index is 2.19. The van der Waals surface area contributed by atoms with Crippen molar-refractivity contribution in [3.05, 3.63) is 41.6 Å². The molecule has 0 unspecified atom stereocenters. The van der Waals surface area contributed by atoms with Crippen LogP contribution in [0.1, 0.15) is 5.56 Å². The molecule has 0 atom stereocenters. The summed E-state index contributed by atoms with van der Waals surface area (Å²) in [5.41, 5.74) is 10.5.